The number of guanidine groups is 1. The lowest BCUT2D eigenvalue weighted by Gasteiger charge is -2.38. The van der Waals surface area contributed by atoms with E-state index in [2.05, 4.69) is 39.5 Å². The Morgan fingerprint density at radius 1 is 1.52 bits per heavy atom. The number of nitrogens with zero attached hydrogens (tertiary/aromatic N) is 4. The highest BCUT2D eigenvalue weighted by atomic mass is 127. The third-order valence-electron chi connectivity index (χ3n) is 4.13. The van der Waals surface area contributed by atoms with Crippen LogP contribution in [-0.4, -0.2) is 66.1 Å². The Labute approximate surface area is 155 Å². The fourth-order valence-electron chi connectivity index (χ4n) is 2.73. The third kappa shape index (κ3) is 5.92. The second kappa shape index (κ2) is 10.1. The minimum absolute atomic E-state index is 0. The van der Waals surface area contributed by atoms with Crippen molar-refractivity contribution in [1.29, 1.82) is 0 Å². The largest absolute Gasteiger partial charge is 0.379 e. The van der Waals surface area contributed by atoms with Gasteiger partial charge in [-0.1, -0.05) is 0 Å². The summed E-state index contributed by atoms with van der Waals surface area (Å²) in [5.41, 5.74) is 1.12. The van der Waals surface area contributed by atoms with Gasteiger partial charge in [-0.25, -0.2) is 0 Å². The van der Waals surface area contributed by atoms with E-state index in [1.807, 2.05) is 17.8 Å². The summed E-state index contributed by atoms with van der Waals surface area (Å²) in [4.78, 5) is 6.75. The monoisotopic (exact) mass is 436 g/mol. The predicted molar refractivity (Wildman–Crippen MR) is 103 cm³/mol. The number of aryl methyl sites for hydroxylation is 1. The van der Waals surface area contributed by atoms with Crippen LogP contribution < -0.4 is 10.6 Å². The highest BCUT2D eigenvalue weighted by molar-refractivity contribution is 14.0. The molecule has 2 heterocycles. The maximum absolute atomic E-state index is 5.49. The maximum Gasteiger partial charge on any atom is 0.191 e. The van der Waals surface area contributed by atoms with Crippen molar-refractivity contribution in [1.82, 2.24) is 25.3 Å². The fraction of sp³-hybridized carbons (Fsp3) is 0.733. The molecule has 0 radical (unpaired) electrons. The molecular weight excluding hydrogens is 407 g/mol. The Kier molecular flexibility index (Phi) is 8.85. The third-order valence-corrected chi connectivity index (χ3v) is 4.13. The number of rotatable bonds is 5. The molecule has 23 heavy (non-hydrogen) atoms. The lowest BCUT2D eigenvalue weighted by Crippen LogP contribution is -2.53. The molecule has 0 spiro atoms. The van der Waals surface area contributed by atoms with Gasteiger partial charge in [-0.2, -0.15) is 5.10 Å². The van der Waals surface area contributed by atoms with Gasteiger partial charge in [0.05, 0.1) is 25.5 Å². The SMILES string of the molecule is CN=C(NCc1ccnn1C)NCC(C)N1CCOCC1C.I. The molecule has 1 aromatic rings. The van der Waals surface area contributed by atoms with Crippen LogP contribution in [0.2, 0.25) is 0 Å². The maximum atomic E-state index is 5.49. The summed E-state index contributed by atoms with van der Waals surface area (Å²) < 4.78 is 7.35. The van der Waals surface area contributed by atoms with Crippen molar-refractivity contribution in [2.75, 3.05) is 33.4 Å². The summed E-state index contributed by atoms with van der Waals surface area (Å²) in [5, 5.41) is 10.9. The van der Waals surface area contributed by atoms with Crippen LogP contribution in [0, 0.1) is 0 Å². The van der Waals surface area contributed by atoms with E-state index in [9.17, 15) is 0 Å². The molecule has 0 saturated carbocycles. The summed E-state index contributed by atoms with van der Waals surface area (Å²) in [5.74, 6) is 0.814. The number of aliphatic imine (C=N–C) groups is 1. The molecule has 7 nitrogen and oxygen atoms in total. The zero-order valence-electron chi connectivity index (χ0n) is 14.5. The summed E-state index contributed by atoms with van der Waals surface area (Å²) in [7, 11) is 3.73. The van der Waals surface area contributed by atoms with Crippen LogP contribution in [0.5, 0.6) is 0 Å². The van der Waals surface area contributed by atoms with Gasteiger partial charge >= 0.3 is 0 Å². The molecule has 2 rings (SSSR count). The lowest BCUT2D eigenvalue weighted by molar-refractivity contribution is -0.0174. The Bertz CT molecular complexity index is 492. The van der Waals surface area contributed by atoms with Gasteiger partial charge in [0.1, 0.15) is 0 Å². The van der Waals surface area contributed by atoms with Crippen molar-refractivity contribution in [2.45, 2.75) is 32.5 Å². The molecule has 2 N–H and O–H groups in total. The molecule has 1 fully saturated rings. The highest BCUT2D eigenvalue weighted by Gasteiger charge is 2.23. The smallest absolute Gasteiger partial charge is 0.191 e. The average molecular weight is 436 g/mol. The van der Waals surface area contributed by atoms with Gasteiger partial charge in [0.15, 0.2) is 5.96 Å². The van der Waals surface area contributed by atoms with E-state index in [1.165, 1.54) is 0 Å². The van der Waals surface area contributed by atoms with Gasteiger partial charge in [0.2, 0.25) is 0 Å². The Balaban J connectivity index is 0.00000264. The van der Waals surface area contributed by atoms with Crippen LogP contribution in [0.4, 0.5) is 0 Å². The molecule has 1 aliphatic heterocycles. The van der Waals surface area contributed by atoms with E-state index in [0.717, 1.165) is 38.0 Å². The predicted octanol–water partition coefficient (Wildman–Crippen LogP) is 0.812. The first-order chi connectivity index (χ1) is 10.6. The number of halogens is 1. The van der Waals surface area contributed by atoms with Crippen molar-refractivity contribution < 1.29 is 4.74 Å². The van der Waals surface area contributed by atoms with Crippen LogP contribution in [0.15, 0.2) is 17.3 Å². The normalized spacial score (nSPS) is 20.7. The minimum atomic E-state index is 0. The first kappa shape index (κ1) is 20.2. The number of morpholine rings is 1. The van der Waals surface area contributed by atoms with Gasteiger partial charge in [-0.3, -0.25) is 14.6 Å². The topological polar surface area (TPSA) is 66.7 Å². The molecular formula is C15H29IN6O. The van der Waals surface area contributed by atoms with Crippen molar-refractivity contribution in [3.05, 3.63) is 18.0 Å². The highest BCUT2D eigenvalue weighted by Crippen LogP contribution is 2.09. The number of ether oxygens (including phenoxy) is 1. The summed E-state index contributed by atoms with van der Waals surface area (Å²) in [6, 6.07) is 2.90. The number of hydrogen-bond acceptors (Lipinski definition) is 4. The molecule has 0 amide bonds. The second-order valence-electron chi connectivity index (χ2n) is 5.76. The van der Waals surface area contributed by atoms with E-state index in [4.69, 9.17) is 4.74 Å². The molecule has 1 saturated heterocycles. The van der Waals surface area contributed by atoms with Crippen molar-refractivity contribution in [3.8, 4) is 0 Å². The van der Waals surface area contributed by atoms with E-state index in [-0.39, 0.29) is 24.0 Å². The van der Waals surface area contributed by atoms with Gasteiger partial charge in [-0.15, -0.1) is 24.0 Å². The van der Waals surface area contributed by atoms with Gasteiger partial charge < -0.3 is 15.4 Å². The molecule has 0 aromatic carbocycles. The molecule has 1 aromatic heterocycles. The molecule has 8 heteroatoms. The van der Waals surface area contributed by atoms with Crippen molar-refractivity contribution in [3.63, 3.8) is 0 Å². The fourth-order valence-corrected chi connectivity index (χ4v) is 2.73. The van der Waals surface area contributed by atoms with Gasteiger partial charge in [0.25, 0.3) is 0 Å². The summed E-state index contributed by atoms with van der Waals surface area (Å²) in [6.45, 7) is 8.65. The van der Waals surface area contributed by atoms with Crippen LogP contribution in [0.3, 0.4) is 0 Å². The minimum Gasteiger partial charge on any atom is -0.379 e. The van der Waals surface area contributed by atoms with E-state index >= 15 is 0 Å². The molecule has 2 atom stereocenters. The summed E-state index contributed by atoms with van der Waals surface area (Å²) in [6.07, 6.45) is 1.80. The van der Waals surface area contributed by atoms with Crippen molar-refractivity contribution >= 4 is 29.9 Å². The Hall–Kier alpha value is -0.870. The van der Waals surface area contributed by atoms with E-state index < -0.39 is 0 Å². The Morgan fingerprint density at radius 3 is 2.91 bits per heavy atom. The first-order valence-electron chi connectivity index (χ1n) is 7.86. The molecule has 1 aliphatic rings. The summed E-state index contributed by atoms with van der Waals surface area (Å²) >= 11 is 0. The first-order valence-corrected chi connectivity index (χ1v) is 7.86. The Morgan fingerprint density at radius 2 is 2.30 bits per heavy atom. The molecule has 132 valence electrons. The van der Waals surface area contributed by atoms with Crippen LogP contribution in [0.1, 0.15) is 19.5 Å². The second-order valence-corrected chi connectivity index (χ2v) is 5.76. The average Bonchev–Trinajstić information content (AvgIpc) is 2.93. The van der Waals surface area contributed by atoms with Crippen LogP contribution >= 0.6 is 24.0 Å². The van der Waals surface area contributed by atoms with Crippen LogP contribution in [-0.2, 0) is 18.3 Å². The van der Waals surface area contributed by atoms with Crippen molar-refractivity contribution in [2.24, 2.45) is 12.0 Å². The standard InChI is InChI=1S/C15H28N6O.HI/c1-12(21-7-8-22-11-13(21)2)9-17-15(16-3)18-10-14-5-6-19-20(14)4;/h5-6,12-13H,7-11H2,1-4H3,(H2,16,17,18);1H. The zero-order valence-corrected chi connectivity index (χ0v) is 16.8. The quantitative estimate of drug-likeness (QED) is 0.407. The van der Waals surface area contributed by atoms with E-state index in [1.54, 1.807) is 13.2 Å². The van der Waals surface area contributed by atoms with Crippen LogP contribution in [0.25, 0.3) is 0 Å². The van der Waals surface area contributed by atoms with E-state index in [0.29, 0.717) is 18.6 Å². The molecule has 0 aliphatic carbocycles. The number of nitrogens with one attached hydrogen (secondary N) is 2. The number of aromatic nitrogens is 2. The number of hydrogen-bond donors (Lipinski definition) is 2. The van der Waals surface area contributed by atoms with Gasteiger partial charge in [0, 0.05) is 45.5 Å². The molecule has 2 unspecified atom stereocenters. The zero-order chi connectivity index (χ0) is 15.9. The van der Waals surface area contributed by atoms with Gasteiger partial charge in [-0.05, 0) is 19.9 Å². The lowest BCUT2D eigenvalue weighted by atomic mass is 10.2. The molecule has 0 bridgehead atoms.